The summed E-state index contributed by atoms with van der Waals surface area (Å²) in [6.45, 7) is 0.521. The Morgan fingerprint density at radius 1 is 1.13 bits per heavy atom. The van der Waals surface area contributed by atoms with Gasteiger partial charge in [0, 0.05) is 18.7 Å². The topological polar surface area (TPSA) is 144 Å². The fourth-order valence-electron chi connectivity index (χ4n) is 2.26. The average molecular weight is 322 g/mol. The molecule has 0 unspecified atom stereocenters. The molecule has 1 aliphatic rings. The highest BCUT2D eigenvalue weighted by Crippen LogP contribution is 2.22. The third-order valence-electron chi connectivity index (χ3n) is 3.43. The number of carbonyl (C=O) groups is 2. The minimum Gasteiger partial charge on any atom is -0.354 e. The quantitative estimate of drug-likeness (QED) is 0.622. The van der Waals surface area contributed by atoms with Crippen LogP contribution < -0.4 is 10.6 Å². The van der Waals surface area contributed by atoms with E-state index in [1.54, 1.807) is 0 Å². The number of rotatable bonds is 4. The van der Waals surface area contributed by atoms with E-state index >= 15 is 0 Å². The van der Waals surface area contributed by atoms with E-state index in [2.05, 4.69) is 10.6 Å². The number of hydrogen-bond acceptors (Lipinski definition) is 6. The standard InChI is InChI=1S/C13H14N4O6/c18-12(15-11-3-1-2-4-14-13(11)19)8-5-9(16(20)21)7-10(6-8)17(22)23/h5-7,11H,1-4H2,(H,14,19)(H,15,18)/t11-/m0/s1. The zero-order valence-corrected chi connectivity index (χ0v) is 12.0. The molecule has 10 heteroatoms. The van der Waals surface area contributed by atoms with Crippen LogP contribution in [-0.2, 0) is 4.79 Å². The van der Waals surface area contributed by atoms with Crippen molar-refractivity contribution >= 4 is 23.2 Å². The van der Waals surface area contributed by atoms with Crippen LogP contribution in [0.2, 0.25) is 0 Å². The summed E-state index contributed by atoms with van der Waals surface area (Å²) >= 11 is 0. The summed E-state index contributed by atoms with van der Waals surface area (Å²) in [5.41, 5.74) is -1.35. The molecule has 2 rings (SSSR count). The average Bonchev–Trinajstić information content (AvgIpc) is 2.71. The molecule has 1 aromatic rings. The second kappa shape index (κ2) is 6.81. The highest BCUT2D eigenvalue weighted by molar-refractivity contribution is 5.98. The first-order chi connectivity index (χ1) is 10.9. The summed E-state index contributed by atoms with van der Waals surface area (Å²) in [7, 11) is 0. The van der Waals surface area contributed by atoms with E-state index in [1.807, 2.05) is 0 Å². The number of nitrogens with one attached hydrogen (secondary N) is 2. The van der Waals surface area contributed by atoms with Gasteiger partial charge in [-0.25, -0.2) is 0 Å². The fourth-order valence-corrected chi connectivity index (χ4v) is 2.26. The van der Waals surface area contributed by atoms with E-state index in [0.717, 1.165) is 31.0 Å². The lowest BCUT2D eigenvalue weighted by Crippen LogP contribution is -2.45. The smallest absolute Gasteiger partial charge is 0.277 e. The summed E-state index contributed by atoms with van der Waals surface area (Å²) in [4.78, 5) is 44.0. The van der Waals surface area contributed by atoms with E-state index in [4.69, 9.17) is 0 Å². The Morgan fingerprint density at radius 3 is 2.30 bits per heavy atom. The van der Waals surface area contributed by atoms with Gasteiger partial charge in [0.1, 0.15) is 6.04 Å². The monoisotopic (exact) mass is 322 g/mol. The van der Waals surface area contributed by atoms with Crippen LogP contribution in [0, 0.1) is 20.2 Å². The Bertz CT molecular complexity index is 642. The van der Waals surface area contributed by atoms with Gasteiger partial charge < -0.3 is 10.6 Å². The molecule has 1 fully saturated rings. The molecule has 0 aromatic heterocycles. The number of non-ortho nitro benzene ring substituents is 2. The molecule has 2 amide bonds. The number of amides is 2. The minimum atomic E-state index is -0.817. The summed E-state index contributed by atoms with van der Waals surface area (Å²) in [6, 6.07) is 1.89. The maximum absolute atomic E-state index is 12.2. The van der Waals surface area contributed by atoms with E-state index in [1.165, 1.54) is 0 Å². The number of hydrogen-bond donors (Lipinski definition) is 2. The first-order valence-corrected chi connectivity index (χ1v) is 6.91. The van der Waals surface area contributed by atoms with Crippen LogP contribution in [0.4, 0.5) is 11.4 Å². The zero-order chi connectivity index (χ0) is 17.0. The van der Waals surface area contributed by atoms with Crippen molar-refractivity contribution in [3.8, 4) is 0 Å². The molecule has 10 nitrogen and oxygen atoms in total. The molecule has 2 N–H and O–H groups in total. The van der Waals surface area contributed by atoms with Crippen LogP contribution in [-0.4, -0.2) is 34.2 Å². The van der Waals surface area contributed by atoms with Crippen molar-refractivity contribution < 1.29 is 19.4 Å². The lowest BCUT2D eigenvalue weighted by atomic mass is 10.1. The number of nitro groups is 2. The molecule has 1 atom stereocenters. The van der Waals surface area contributed by atoms with Crippen LogP contribution in [0.3, 0.4) is 0 Å². The van der Waals surface area contributed by atoms with E-state index < -0.39 is 33.2 Å². The highest BCUT2D eigenvalue weighted by atomic mass is 16.6. The first kappa shape index (κ1) is 16.3. The molecule has 0 aliphatic carbocycles. The molecule has 0 radical (unpaired) electrons. The third kappa shape index (κ3) is 3.99. The second-order valence-electron chi connectivity index (χ2n) is 5.07. The Labute approximate surface area is 130 Å². The molecular formula is C13H14N4O6. The number of benzene rings is 1. The van der Waals surface area contributed by atoms with Gasteiger partial charge in [0.15, 0.2) is 0 Å². The molecular weight excluding hydrogens is 308 g/mol. The Balaban J connectivity index is 2.25. The van der Waals surface area contributed by atoms with Gasteiger partial charge in [-0.2, -0.15) is 0 Å². The first-order valence-electron chi connectivity index (χ1n) is 6.91. The summed E-state index contributed by atoms with van der Waals surface area (Å²) in [5, 5.41) is 26.8. The van der Waals surface area contributed by atoms with E-state index in [9.17, 15) is 29.8 Å². The Hall–Kier alpha value is -3.04. The van der Waals surface area contributed by atoms with Crippen molar-refractivity contribution in [3.05, 3.63) is 44.0 Å². The lowest BCUT2D eigenvalue weighted by Gasteiger charge is -2.15. The normalized spacial score (nSPS) is 17.7. The zero-order valence-electron chi connectivity index (χ0n) is 12.0. The molecule has 122 valence electrons. The molecule has 1 aliphatic heterocycles. The SMILES string of the molecule is O=C(N[C@H]1CCCCNC1=O)c1cc([N+](=O)[O-])cc([N+](=O)[O-])c1. The minimum absolute atomic E-state index is 0.233. The van der Waals surface area contributed by atoms with E-state index in [-0.39, 0.29) is 11.5 Å². The predicted octanol–water partition coefficient (Wildman–Crippen LogP) is 0.901. The van der Waals surface area contributed by atoms with Gasteiger partial charge in [-0.05, 0) is 19.3 Å². The van der Waals surface area contributed by atoms with Gasteiger partial charge in [-0.15, -0.1) is 0 Å². The van der Waals surface area contributed by atoms with Crippen molar-refractivity contribution in [1.82, 2.24) is 10.6 Å². The number of carbonyl (C=O) groups excluding carboxylic acids is 2. The Morgan fingerprint density at radius 2 is 1.74 bits per heavy atom. The van der Waals surface area contributed by atoms with E-state index in [0.29, 0.717) is 13.0 Å². The third-order valence-corrected chi connectivity index (χ3v) is 3.43. The van der Waals surface area contributed by atoms with Crippen molar-refractivity contribution in [2.75, 3.05) is 6.54 Å². The van der Waals surface area contributed by atoms with Crippen molar-refractivity contribution in [2.45, 2.75) is 25.3 Å². The molecule has 1 heterocycles. The largest absolute Gasteiger partial charge is 0.354 e. The van der Waals surface area contributed by atoms with Crippen LogP contribution in [0.15, 0.2) is 18.2 Å². The van der Waals surface area contributed by atoms with Gasteiger partial charge in [0.2, 0.25) is 5.91 Å². The van der Waals surface area contributed by atoms with Crippen molar-refractivity contribution in [2.24, 2.45) is 0 Å². The van der Waals surface area contributed by atoms with Gasteiger partial charge >= 0.3 is 0 Å². The molecule has 1 saturated heterocycles. The molecule has 1 aromatic carbocycles. The van der Waals surface area contributed by atoms with Gasteiger partial charge in [0.25, 0.3) is 17.3 Å². The molecule has 0 bridgehead atoms. The second-order valence-corrected chi connectivity index (χ2v) is 5.07. The number of nitrogens with zero attached hydrogens (tertiary/aromatic N) is 2. The molecule has 0 saturated carbocycles. The maximum atomic E-state index is 12.2. The van der Waals surface area contributed by atoms with Gasteiger partial charge in [-0.3, -0.25) is 29.8 Å². The molecule has 0 spiro atoms. The van der Waals surface area contributed by atoms with Crippen molar-refractivity contribution in [1.29, 1.82) is 0 Å². The van der Waals surface area contributed by atoms with Crippen molar-refractivity contribution in [3.63, 3.8) is 0 Å². The highest BCUT2D eigenvalue weighted by Gasteiger charge is 2.25. The summed E-state index contributed by atoms with van der Waals surface area (Å²) < 4.78 is 0. The van der Waals surface area contributed by atoms with Crippen LogP contribution >= 0.6 is 0 Å². The summed E-state index contributed by atoms with van der Waals surface area (Å²) in [6.07, 6.45) is 1.97. The summed E-state index contributed by atoms with van der Waals surface area (Å²) in [5.74, 6) is -1.10. The maximum Gasteiger partial charge on any atom is 0.277 e. The Kier molecular flexibility index (Phi) is 4.84. The molecule has 23 heavy (non-hydrogen) atoms. The van der Waals surface area contributed by atoms with Crippen LogP contribution in [0.1, 0.15) is 29.6 Å². The van der Waals surface area contributed by atoms with Crippen LogP contribution in [0.5, 0.6) is 0 Å². The fraction of sp³-hybridized carbons (Fsp3) is 0.385. The van der Waals surface area contributed by atoms with Gasteiger partial charge in [-0.1, -0.05) is 0 Å². The van der Waals surface area contributed by atoms with Gasteiger partial charge in [0.05, 0.1) is 21.5 Å². The predicted molar refractivity (Wildman–Crippen MR) is 77.9 cm³/mol. The van der Waals surface area contributed by atoms with Crippen LogP contribution in [0.25, 0.3) is 0 Å². The number of nitro benzene ring substituents is 2. The lowest BCUT2D eigenvalue weighted by molar-refractivity contribution is -0.394.